The first-order valence-corrected chi connectivity index (χ1v) is 33.0. The van der Waals surface area contributed by atoms with E-state index in [1.54, 1.807) is 0 Å². The highest BCUT2D eigenvalue weighted by atomic mass is 28.4. The van der Waals surface area contributed by atoms with Crippen LogP contribution >= 0.6 is 0 Å². The molecule has 3 rings (SSSR count). The highest BCUT2D eigenvalue weighted by Gasteiger charge is 2.55. The lowest BCUT2D eigenvalue weighted by Gasteiger charge is -2.56. The molecule has 2 aromatic rings. The van der Waals surface area contributed by atoms with E-state index in [1.165, 1.54) is 12.8 Å². The molecule has 1 saturated heterocycles. The number of anilines is 1. The largest absolute Gasteiger partial charge is 0.415 e. The zero-order valence-corrected chi connectivity index (χ0v) is 43.3. The highest BCUT2D eigenvalue weighted by Crippen LogP contribution is 2.46. The van der Waals surface area contributed by atoms with Crippen molar-refractivity contribution in [1.29, 1.82) is 0 Å². The van der Waals surface area contributed by atoms with Crippen molar-refractivity contribution in [2.75, 3.05) is 31.6 Å². The number of nitrogens with one attached hydrogen (secondary N) is 2. The topological polar surface area (TPSA) is 80.9 Å². The first-order chi connectivity index (χ1) is 24.8. The summed E-state index contributed by atoms with van der Waals surface area (Å²) in [5.41, 5.74) is 2.23. The Balaban J connectivity index is 1.97. The van der Waals surface area contributed by atoms with E-state index in [0.717, 1.165) is 49.1 Å². The molecule has 0 aliphatic carbocycles. The molecular weight excluding hydrogens is 749 g/mol. The van der Waals surface area contributed by atoms with Crippen LogP contribution in [0.2, 0.25) is 72.5 Å². The van der Waals surface area contributed by atoms with Gasteiger partial charge in [0.1, 0.15) is 0 Å². The van der Waals surface area contributed by atoms with Crippen LogP contribution in [0, 0.1) is 0 Å². The number of piperidine rings is 1. The molecule has 1 aromatic carbocycles. The number of H-pyrrole nitrogens is 1. The SMILES string of the molecule is CC(C)(C)[Si](C)(C)OC[C@@H]1C(O[Si](C)(C)C(C)(C)C)C(O[Si](C)(C)C(C)(C)C)C(O[Si](C)(C)C(C)(C)C)CN1CCCCCCNc1ccc2[nH]ncc2c1. The molecule has 8 nitrogen and oxygen atoms in total. The molecule has 0 spiro atoms. The van der Waals surface area contributed by atoms with Crippen LogP contribution in [-0.4, -0.2) is 99.0 Å². The van der Waals surface area contributed by atoms with E-state index < -0.39 is 33.3 Å². The fourth-order valence-corrected chi connectivity index (χ4v) is 11.1. The summed E-state index contributed by atoms with van der Waals surface area (Å²) in [6.07, 6.45) is 6.12. The van der Waals surface area contributed by atoms with Gasteiger partial charge in [0.05, 0.1) is 42.7 Å². The minimum Gasteiger partial charge on any atom is -0.415 e. The normalized spacial score (nSPS) is 21.7. The maximum absolute atomic E-state index is 7.71. The molecule has 1 aromatic heterocycles. The standard InChI is InChI=1S/C43H86N4O4Si4/c1-40(2,3)52(13,14)48-32-36-38(50-54(17,18)42(7,8)9)39(51-55(19,20)43(10,11)12)37(49-53(15,16)41(4,5)6)31-47(36)28-24-22-21-23-27-44-34-25-26-35-33(29-34)30-45-46-35/h25-26,29-30,36-39,44H,21-24,27-28,31-32H2,1-20H3,(H,45,46)/t36-,37?,38?,39?/m1/s1. The maximum atomic E-state index is 7.71. The molecule has 4 atom stereocenters. The predicted molar refractivity (Wildman–Crippen MR) is 248 cm³/mol. The Morgan fingerprint density at radius 3 is 1.73 bits per heavy atom. The lowest BCUT2D eigenvalue weighted by Crippen LogP contribution is -2.70. The minimum absolute atomic E-state index is 0.0513. The summed E-state index contributed by atoms with van der Waals surface area (Å²) in [7, 11) is -8.70. The second-order valence-electron chi connectivity index (χ2n) is 22.7. The first kappa shape index (κ1) is 48.5. The molecule has 55 heavy (non-hydrogen) atoms. The number of nitrogens with zero attached hydrogens (tertiary/aromatic N) is 2. The van der Waals surface area contributed by atoms with Gasteiger partial charge in [-0.1, -0.05) is 95.9 Å². The van der Waals surface area contributed by atoms with Gasteiger partial charge in [-0.25, -0.2) is 0 Å². The number of benzene rings is 1. The summed E-state index contributed by atoms with van der Waals surface area (Å²) in [6, 6.07) is 6.49. The van der Waals surface area contributed by atoms with Crippen LogP contribution in [0.3, 0.4) is 0 Å². The van der Waals surface area contributed by atoms with Crippen molar-refractivity contribution < 1.29 is 17.7 Å². The fourth-order valence-electron chi connectivity index (χ4n) is 6.14. The number of hydrogen-bond acceptors (Lipinski definition) is 7. The van der Waals surface area contributed by atoms with Gasteiger partial charge in [-0.2, -0.15) is 5.10 Å². The Bertz CT molecular complexity index is 1500. The lowest BCUT2D eigenvalue weighted by atomic mass is 9.94. The van der Waals surface area contributed by atoms with Gasteiger partial charge in [0.15, 0.2) is 33.3 Å². The molecule has 0 bridgehead atoms. The zero-order valence-electron chi connectivity index (χ0n) is 39.3. The third-order valence-corrected chi connectivity index (χ3v) is 32.2. The van der Waals surface area contributed by atoms with Gasteiger partial charge in [-0.05, 0) is 110 Å². The van der Waals surface area contributed by atoms with Crippen LogP contribution < -0.4 is 5.32 Å². The number of rotatable bonds is 17. The predicted octanol–water partition coefficient (Wildman–Crippen LogP) is 12.4. The average Bonchev–Trinajstić information content (AvgIpc) is 3.47. The monoisotopic (exact) mass is 835 g/mol. The minimum atomic E-state index is -2.25. The Hall–Kier alpha value is -0.842. The van der Waals surface area contributed by atoms with Crippen molar-refractivity contribution in [3.8, 4) is 0 Å². The summed E-state index contributed by atoms with van der Waals surface area (Å²) in [6.45, 7) is 50.9. The van der Waals surface area contributed by atoms with E-state index in [2.05, 4.69) is 174 Å². The molecule has 1 aliphatic rings. The number of unbranched alkanes of at least 4 members (excludes halogenated alkanes) is 3. The summed E-state index contributed by atoms with van der Waals surface area (Å²) in [5, 5.41) is 12.3. The van der Waals surface area contributed by atoms with E-state index in [0.29, 0.717) is 6.61 Å². The van der Waals surface area contributed by atoms with Gasteiger partial charge in [0.2, 0.25) is 0 Å². The maximum Gasteiger partial charge on any atom is 0.192 e. The Morgan fingerprint density at radius 1 is 0.673 bits per heavy atom. The van der Waals surface area contributed by atoms with Crippen molar-refractivity contribution in [3.63, 3.8) is 0 Å². The Morgan fingerprint density at radius 2 is 1.18 bits per heavy atom. The van der Waals surface area contributed by atoms with Crippen LogP contribution in [0.1, 0.15) is 109 Å². The van der Waals surface area contributed by atoms with Crippen LogP contribution in [-0.2, 0) is 17.7 Å². The van der Waals surface area contributed by atoms with Gasteiger partial charge in [-0.15, -0.1) is 0 Å². The van der Waals surface area contributed by atoms with Gasteiger partial charge in [0, 0.05) is 24.2 Å². The van der Waals surface area contributed by atoms with Gasteiger partial charge in [0.25, 0.3) is 0 Å². The molecule has 1 fully saturated rings. The summed E-state index contributed by atoms with van der Waals surface area (Å²) < 4.78 is 30.1. The third kappa shape index (κ3) is 12.6. The van der Waals surface area contributed by atoms with E-state index in [-0.39, 0.29) is 44.5 Å². The van der Waals surface area contributed by atoms with E-state index in [4.69, 9.17) is 17.7 Å². The van der Waals surface area contributed by atoms with E-state index in [9.17, 15) is 0 Å². The summed E-state index contributed by atoms with van der Waals surface area (Å²) >= 11 is 0. The van der Waals surface area contributed by atoms with Crippen LogP contribution in [0.25, 0.3) is 10.9 Å². The molecule has 3 unspecified atom stereocenters. The number of hydrogen-bond donors (Lipinski definition) is 2. The molecule has 1 aliphatic heterocycles. The molecule has 2 N–H and O–H groups in total. The second kappa shape index (κ2) is 17.8. The second-order valence-corrected chi connectivity index (χ2v) is 41.8. The number of aromatic nitrogens is 2. The summed E-state index contributed by atoms with van der Waals surface area (Å²) in [4.78, 5) is 2.71. The van der Waals surface area contributed by atoms with E-state index >= 15 is 0 Å². The average molecular weight is 836 g/mol. The molecule has 318 valence electrons. The quantitative estimate of drug-likeness (QED) is 0.121. The third-order valence-electron chi connectivity index (χ3n) is 14.2. The summed E-state index contributed by atoms with van der Waals surface area (Å²) in [5.74, 6) is 0. The Kier molecular flexibility index (Phi) is 15.7. The molecule has 0 saturated carbocycles. The van der Waals surface area contributed by atoms with Gasteiger partial charge >= 0.3 is 0 Å². The molecule has 12 heteroatoms. The van der Waals surface area contributed by atoms with Crippen molar-refractivity contribution in [3.05, 3.63) is 24.4 Å². The van der Waals surface area contributed by atoms with Crippen LogP contribution in [0.15, 0.2) is 24.4 Å². The smallest absolute Gasteiger partial charge is 0.192 e. The van der Waals surface area contributed by atoms with E-state index in [1.807, 2.05) is 6.20 Å². The molecular formula is C43H86N4O4Si4. The Labute approximate surface area is 342 Å². The highest BCUT2D eigenvalue weighted by molar-refractivity contribution is 6.75. The van der Waals surface area contributed by atoms with Crippen LogP contribution in [0.4, 0.5) is 5.69 Å². The van der Waals surface area contributed by atoms with Gasteiger partial charge < -0.3 is 23.0 Å². The zero-order chi connectivity index (χ0) is 42.1. The number of aromatic amines is 1. The van der Waals surface area contributed by atoms with Crippen molar-refractivity contribution in [2.24, 2.45) is 0 Å². The first-order valence-electron chi connectivity index (χ1n) is 21.4. The van der Waals surface area contributed by atoms with Crippen molar-refractivity contribution in [1.82, 2.24) is 15.1 Å². The molecule has 2 heterocycles. The van der Waals surface area contributed by atoms with Crippen molar-refractivity contribution >= 4 is 49.9 Å². The lowest BCUT2D eigenvalue weighted by molar-refractivity contribution is -0.128. The van der Waals surface area contributed by atoms with Gasteiger partial charge in [-0.3, -0.25) is 10.00 Å². The fraction of sp³-hybridized carbons (Fsp3) is 0.837. The number of likely N-dealkylation sites (tertiary alicyclic amines) is 1. The molecule has 0 radical (unpaired) electrons. The number of fused-ring (bicyclic) bond motifs is 1. The van der Waals surface area contributed by atoms with Crippen molar-refractivity contribution in [2.45, 2.75) is 206 Å². The molecule has 0 amide bonds. The van der Waals surface area contributed by atoms with Crippen LogP contribution in [0.5, 0.6) is 0 Å².